The summed E-state index contributed by atoms with van der Waals surface area (Å²) < 4.78 is 0. The highest BCUT2D eigenvalue weighted by Gasteiger charge is 2.34. The van der Waals surface area contributed by atoms with Gasteiger partial charge in [-0.15, -0.1) is 0 Å². The highest BCUT2D eigenvalue weighted by atomic mass is 16.2. The predicted molar refractivity (Wildman–Crippen MR) is 80.0 cm³/mol. The molecule has 0 N–H and O–H groups in total. The van der Waals surface area contributed by atoms with Crippen molar-refractivity contribution >= 4 is 17.8 Å². The SMILES string of the molecule is C[C@@H]1CC(=O)C[C@@H](C(=O)N(C)C)/C1=C/c1ccccc1. The molecule has 20 heavy (non-hydrogen) atoms. The molecule has 0 unspecified atom stereocenters. The van der Waals surface area contributed by atoms with Crippen molar-refractivity contribution in [1.29, 1.82) is 0 Å². The minimum Gasteiger partial charge on any atom is -0.348 e. The highest BCUT2D eigenvalue weighted by Crippen LogP contribution is 2.34. The quantitative estimate of drug-likeness (QED) is 0.829. The minimum atomic E-state index is -0.304. The van der Waals surface area contributed by atoms with Gasteiger partial charge in [0.2, 0.25) is 5.91 Å². The summed E-state index contributed by atoms with van der Waals surface area (Å²) in [6.45, 7) is 2.03. The molecule has 1 aromatic rings. The summed E-state index contributed by atoms with van der Waals surface area (Å²) in [6.07, 6.45) is 2.94. The Labute approximate surface area is 120 Å². The average molecular weight is 271 g/mol. The molecule has 106 valence electrons. The van der Waals surface area contributed by atoms with Crippen molar-refractivity contribution in [1.82, 2.24) is 4.90 Å². The van der Waals surface area contributed by atoms with Gasteiger partial charge in [-0.3, -0.25) is 9.59 Å². The third-order valence-corrected chi connectivity index (χ3v) is 3.81. The molecule has 2 rings (SSSR count). The molecule has 0 aliphatic heterocycles. The Morgan fingerprint density at radius 1 is 1.20 bits per heavy atom. The molecule has 0 aromatic heterocycles. The van der Waals surface area contributed by atoms with Gasteiger partial charge >= 0.3 is 0 Å². The first-order chi connectivity index (χ1) is 9.49. The van der Waals surface area contributed by atoms with E-state index in [2.05, 4.69) is 6.08 Å². The van der Waals surface area contributed by atoms with Gasteiger partial charge in [-0.1, -0.05) is 48.9 Å². The Kier molecular flexibility index (Phi) is 4.38. The number of carbonyl (C=O) groups excluding carboxylic acids is 2. The Balaban J connectivity index is 2.37. The first kappa shape index (κ1) is 14.5. The molecular weight excluding hydrogens is 250 g/mol. The molecule has 0 saturated heterocycles. The van der Waals surface area contributed by atoms with E-state index in [4.69, 9.17) is 0 Å². The maximum absolute atomic E-state index is 12.3. The maximum atomic E-state index is 12.3. The van der Waals surface area contributed by atoms with Crippen LogP contribution >= 0.6 is 0 Å². The Bertz CT molecular complexity index is 531. The van der Waals surface area contributed by atoms with Gasteiger partial charge in [-0.05, 0) is 11.5 Å². The van der Waals surface area contributed by atoms with Crippen molar-refractivity contribution in [3.05, 3.63) is 41.5 Å². The zero-order valence-electron chi connectivity index (χ0n) is 12.3. The molecular formula is C17H21NO2. The van der Waals surface area contributed by atoms with Crippen molar-refractivity contribution in [2.75, 3.05) is 14.1 Å². The lowest BCUT2D eigenvalue weighted by Gasteiger charge is -2.30. The molecule has 3 heteroatoms. The van der Waals surface area contributed by atoms with E-state index in [0.717, 1.165) is 11.1 Å². The maximum Gasteiger partial charge on any atom is 0.229 e. The summed E-state index contributed by atoms with van der Waals surface area (Å²) in [5, 5.41) is 0. The van der Waals surface area contributed by atoms with Crippen molar-refractivity contribution in [3.63, 3.8) is 0 Å². The van der Waals surface area contributed by atoms with E-state index < -0.39 is 0 Å². The molecule has 0 radical (unpaired) electrons. The molecule has 2 atom stereocenters. The van der Waals surface area contributed by atoms with Crippen LogP contribution in [0.4, 0.5) is 0 Å². The highest BCUT2D eigenvalue weighted by molar-refractivity contribution is 5.92. The molecule has 1 aliphatic carbocycles. The van der Waals surface area contributed by atoms with Gasteiger partial charge in [0.05, 0.1) is 5.92 Å². The molecule has 0 bridgehead atoms. The van der Waals surface area contributed by atoms with E-state index >= 15 is 0 Å². The van der Waals surface area contributed by atoms with Crippen LogP contribution in [0.25, 0.3) is 6.08 Å². The van der Waals surface area contributed by atoms with Crippen LogP contribution in [0, 0.1) is 11.8 Å². The van der Waals surface area contributed by atoms with Crippen LogP contribution in [0.3, 0.4) is 0 Å². The topological polar surface area (TPSA) is 37.4 Å². The average Bonchev–Trinajstić information content (AvgIpc) is 2.41. The van der Waals surface area contributed by atoms with Crippen LogP contribution < -0.4 is 0 Å². The van der Waals surface area contributed by atoms with Crippen LogP contribution in [0.5, 0.6) is 0 Å². The van der Waals surface area contributed by atoms with Crippen molar-refractivity contribution in [2.45, 2.75) is 19.8 Å². The second-order valence-electron chi connectivity index (χ2n) is 5.69. The Morgan fingerprint density at radius 3 is 2.45 bits per heavy atom. The van der Waals surface area contributed by atoms with E-state index in [9.17, 15) is 9.59 Å². The number of rotatable bonds is 2. The molecule has 3 nitrogen and oxygen atoms in total. The van der Waals surface area contributed by atoms with Crippen molar-refractivity contribution in [2.24, 2.45) is 11.8 Å². The molecule has 1 saturated carbocycles. The molecule has 1 fully saturated rings. The van der Waals surface area contributed by atoms with E-state index in [1.54, 1.807) is 19.0 Å². The fourth-order valence-corrected chi connectivity index (χ4v) is 2.76. The lowest BCUT2D eigenvalue weighted by molar-refractivity contribution is -0.136. The standard InChI is InChI=1S/C17H21NO2/c1-12-9-14(19)11-16(17(20)18(2)3)15(12)10-13-7-5-4-6-8-13/h4-8,10,12,16H,9,11H2,1-3H3/b15-10+/t12-,16-/m1/s1. The molecule has 1 aliphatic rings. The van der Waals surface area contributed by atoms with Gasteiger partial charge in [-0.2, -0.15) is 0 Å². The molecule has 0 spiro atoms. The lowest BCUT2D eigenvalue weighted by atomic mass is 9.75. The third-order valence-electron chi connectivity index (χ3n) is 3.81. The summed E-state index contributed by atoms with van der Waals surface area (Å²) in [7, 11) is 3.48. The van der Waals surface area contributed by atoms with Crippen LogP contribution in [0.1, 0.15) is 25.3 Å². The van der Waals surface area contributed by atoms with E-state index in [-0.39, 0.29) is 23.5 Å². The van der Waals surface area contributed by atoms with Gasteiger partial charge in [0.25, 0.3) is 0 Å². The number of amides is 1. The van der Waals surface area contributed by atoms with Gasteiger partial charge < -0.3 is 4.90 Å². The minimum absolute atomic E-state index is 0.0204. The third kappa shape index (κ3) is 3.16. The molecule has 0 heterocycles. The smallest absolute Gasteiger partial charge is 0.229 e. The fraction of sp³-hybridized carbons (Fsp3) is 0.412. The first-order valence-electron chi connectivity index (χ1n) is 6.98. The summed E-state index contributed by atoms with van der Waals surface area (Å²) in [5.41, 5.74) is 2.16. The zero-order valence-corrected chi connectivity index (χ0v) is 12.3. The first-order valence-corrected chi connectivity index (χ1v) is 6.98. The number of nitrogens with zero attached hydrogens (tertiary/aromatic N) is 1. The van der Waals surface area contributed by atoms with Gasteiger partial charge in [0.15, 0.2) is 0 Å². The van der Waals surface area contributed by atoms with Crippen molar-refractivity contribution < 1.29 is 9.59 Å². The number of ketones is 1. The van der Waals surface area contributed by atoms with E-state index in [1.165, 1.54) is 0 Å². The number of benzene rings is 1. The molecule has 1 amide bonds. The summed E-state index contributed by atoms with van der Waals surface area (Å²) in [4.78, 5) is 25.7. The van der Waals surface area contributed by atoms with Crippen LogP contribution in [-0.4, -0.2) is 30.7 Å². The summed E-state index contributed by atoms with van der Waals surface area (Å²) in [5.74, 6) is 0.0294. The van der Waals surface area contributed by atoms with Gasteiger partial charge in [-0.25, -0.2) is 0 Å². The van der Waals surface area contributed by atoms with E-state index in [1.807, 2.05) is 37.3 Å². The van der Waals surface area contributed by atoms with Gasteiger partial charge in [0.1, 0.15) is 5.78 Å². The lowest BCUT2D eigenvalue weighted by Crippen LogP contribution is -2.36. The number of Topliss-reactive ketones (excluding diaryl/α,β-unsaturated/α-hetero) is 1. The van der Waals surface area contributed by atoms with Crippen molar-refractivity contribution in [3.8, 4) is 0 Å². The number of hydrogen-bond donors (Lipinski definition) is 0. The Hall–Kier alpha value is -1.90. The second kappa shape index (κ2) is 6.04. The zero-order chi connectivity index (χ0) is 14.7. The summed E-state index contributed by atoms with van der Waals surface area (Å²) in [6, 6.07) is 9.97. The largest absolute Gasteiger partial charge is 0.348 e. The second-order valence-corrected chi connectivity index (χ2v) is 5.69. The molecule has 1 aromatic carbocycles. The monoisotopic (exact) mass is 271 g/mol. The van der Waals surface area contributed by atoms with Gasteiger partial charge in [0, 0.05) is 26.9 Å². The number of carbonyl (C=O) groups is 2. The normalized spacial score (nSPS) is 24.8. The van der Waals surface area contributed by atoms with Crippen LogP contribution in [-0.2, 0) is 9.59 Å². The Morgan fingerprint density at radius 2 is 1.85 bits per heavy atom. The van der Waals surface area contributed by atoms with E-state index in [0.29, 0.717) is 12.8 Å². The fourth-order valence-electron chi connectivity index (χ4n) is 2.76. The van der Waals surface area contributed by atoms with Crippen LogP contribution in [0.15, 0.2) is 35.9 Å². The summed E-state index contributed by atoms with van der Waals surface area (Å²) >= 11 is 0. The number of hydrogen-bond acceptors (Lipinski definition) is 2. The van der Waals surface area contributed by atoms with Crippen LogP contribution in [0.2, 0.25) is 0 Å². The predicted octanol–water partition coefficient (Wildman–Crippen LogP) is 2.77.